The van der Waals surface area contributed by atoms with Crippen molar-refractivity contribution in [3.05, 3.63) is 41.9 Å². The Labute approximate surface area is 134 Å². The summed E-state index contributed by atoms with van der Waals surface area (Å²) in [7, 11) is 12.5. The summed E-state index contributed by atoms with van der Waals surface area (Å²) in [6.07, 6.45) is 11.0. The SMILES string of the molecule is CN(C)/C=C1\CCC(C=[N+](C)C)=C1[n+]1ccc(N(C)C)cc1. The van der Waals surface area contributed by atoms with E-state index in [0.717, 1.165) is 12.8 Å². The zero-order valence-electron chi connectivity index (χ0n) is 14.7. The first kappa shape index (κ1) is 16.3. The van der Waals surface area contributed by atoms with E-state index in [9.17, 15) is 0 Å². The Balaban J connectivity index is 2.50. The van der Waals surface area contributed by atoms with Crippen molar-refractivity contribution in [2.75, 3.05) is 47.2 Å². The van der Waals surface area contributed by atoms with E-state index in [1.54, 1.807) is 0 Å². The number of pyridine rings is 1. The van der Waals surface area contributed by atoms with E-state index in [1.807, 2.05) is 0 Å². The number of hydrogen-bond acceptors (Lipinski definition) is 2. The molecule has 1 aromatic rings. The second kappa shape index (κ2) is 6.77. The lowest BCUT2D eigenvalue weighted by molar-refractivity contribution is -0.579. The van der Waals surface area contributed by atoms with Gasteiger partial charge in [-0.25, -0.2) is 4.58 Å². The molecule has 0 bridgehead atoms. The average molecular weight is 300 g/mol. The Hall–Kier alpha value is -2.10. The average Bonchev–Trinajstić information content (AvgIpc) is 2.80. The third-order valence-electron chi connectivity index (χ3n) is 3.69. The highest BCUT2D eigenvalue weighted by Crippen LogP contribution is 2.30. The van der Waals surface area contributed by atoms with Gasteiger partial charge in [0.1, 0.15) is 14.1 Å². The van der Waals surface area contributed by atoms with Crippen LogP contribution in [-0.2, 0) is 0 Å². The molecule has 2 rings (SSSR count). The first-order chi connectivity index (χ1) is 10.4. The van der Waals surface area contributed by atoms with Gasteiger partial charge < -0.3 is 9.80 Å². The molecule has 0 amide bonds. The summed E-state index contributed by atoms with van der Waals surface area (Å²) in [6.45, 7) is 0. The van der Waals surface area contributed by atoms with E-state index in [0.29, 0.717) is 0 Å². The molecular weight excluding hydrogens is 272 g/mol. The standard InChI is InChI=1S/C18H28N4/c1-19(2)13-15-7-8-16(14-20(3)4)18(15)22-11-9-17(10-12-22)21(5)6/h9-14H,7-8H2,1-6H3/q+2. The fraction of sp³-hybridized carbons (Fsp3) is 0.444. The Morgan fingerprint density at radius 1 is 1.05 bits per heavy atom. The van der Waals surface area contributed by atoms with Crippen LogP contribution in [-0.4, -0.2) is 58.0 Å². The Morgan fingerprint density at radius 3 is 2.18 bits per heavy atom. The highest BCUT2D eigenvalue weighted by molar-refractivity contribution is 5.87. The van der Waals surface area contributed by atoms with Gasteiger partial charge in [0.05, 0.1) is 5.57 Å². The van der Waals surface area contributed by atoms with E-state index in [1.165, 1.54) is 22.5 Å². The minimum Gasteiger partial charge on any atom is -0.383 e. The quantitative estimate of drug-likeness (QED) is 0.622. The van der Waals surface area contributed by atoms with Crippen molar-refractivity contribution in [3.8, 4) is 0 Å². The number of aromatic nitrogens is 1. The molecule has 1 heterocycles. The summed E-state index contributed by atoms with van der Waals surface area (Å²) >= 11 is 0. The summed E-state index contributed by atoms with van der Waals surface area (Å²) in [4.78, 5) is 4.25. The van der Waals surface area contributed by atoms with Crippen LogP contribution in [0, 0.1) is 0 Å². The molecule has 22 heavy (non-hydrogen) atoms. The van der Waals surface area contributed by atoms with Crippen LogP contribution < -0.4 is 9.47 Å². The number of anilines is 1. The third-order valence-corrected chi connectivity index (χ3v) is 3.69. The molecule has 0 unspecified atom stereocenters. The Kier molecular flexibility index (Phi) is 5.01. The summed E-state index contributed by atoms with van der Waals surface area (Å²) < 4.78 is 4.37. The highest BCUT2D eigenvalue weighted by atomic mass is 15.1. The van der Waals surface area contributed by atoms with Crippen molar-refractivity contribution >= 4 is 17.6 Å². The molecule has 1 aliphatic carbocycles. The molecule has 0 saturated heterocycles. The van der Waals surface area contributed by atoms with Gasteiger partial charge >= 0.3 is 0 Å². The van der Waals surface area contributed by atoms with Gasteiger partial charge in [-0.2, -0.15) is 4.57 Å². The molecular formula is C18H28N4+2. The fourth-order valence-electron chi connectivity index (χ4n) is 2.78. The van der Waals surface area contributed by atoms with Crippen molar-refractivity contribution in [1.29, 1.82) is 0 Å². The van der Waals surface area contributed by atoms with Crippen LogP contribution in [0.15, 0.2) is 41.9 Å². The summed E-state index contributed by atoms with van der Waals surface area (Å²) in [5.74, 6) is 0. The molecule has 0 saturated carbocycles. The van der Waals surface area contributed by atoms with Crippen molar-refractivity contribution in [3.63, 3.8) is 0 Å². The molecule has 0 fully saturated rings. The lowest BCUT2D eigenvalue weighted by Gasteiger charge is -2.11. The molecule has 1 aromatic heterocycles. The molecule has 0 aromatic carbocycles. The number of rotatable bonds is 4. The van der Waals surface area contributed by atoms with Crippen LogP contribution in [0.3, 0.4) is 0 Å². The van der Waals surface area contributed by atoms with Crippen molar-refractivity contribution in [1.82, 2.24) is 4.90 Å². The first-order valence-electron chi connectivity index (χ1n) is 7.69. The lowest BCUT2D eigenvalue weighted by Crippen LogP contribution is -2.33. The molecule has 0 radical (unpaired) electrons. The predicted octanol–water partition coefficient (Wildman–Crippen LogP) is 1.83. The largest absolute Gasteiger partial charge is 0.383 e. The molecule has 0 aliphatic heterocycles. The van der Waals surface area contributed by atoms with Gasteiger partial charge in [-0.05, 0) is 12.8 Å². The van der Waals surface area contributed by atoms with Gasteiger partial charge in [0, 0.05) is 57.8 Å². The van der Waals surface area contributed by atoms with Crippen LogP contribution in [0.25, 0.3) is 5.70 Å². The van der Waals surface area contributed by atoms with E-state index in [2.05, 4.69) is 98.2 Å². The van der Waals surface area contributed by atoms with Crippen LogP contribution >= 0.6 is 0 Å². The third kappa shape index (κ3) is 3.75. The van der Waals surface area contributed by atoms with Gasteiger partial charge in [-0.1, -0.05) is 0 Å². The minimum atomic E-state index is 1.09. The maximum absolute atomic E-state index is 2.24. The summed E-state index contributed by atoms with van der Waals surface area (Å²) in [5, 5.41) is 0. The second-order valence-corrected chi connectivity index (χ2v) is 6.44. The molecule has 1 aliphatic rings. The van der Waals surface area contributed by atoms with Crippen molar-refractivity contribution in [2.24, 2.45) is 0 Å². The number of allylic oxidation sites excluding steroid dienone is 3. The molecule has 4 nitrogen and oxygen atoms in total. The summed E-state index contributed by atoms with van der Waals surface area (Å²) in [6, 6.07) is 4.32. The monoisotopic (exact) mass is 300 g/mol. The smallest absolute Gasteiger partial charge is 0.224 e. The zero-order chi connectivity index (χ0) is 16.3. The van der Waals surface area contributed by atoms with E-state index in [-0.39, 0.29) is 0 Å². The predicted molar refractivity (Wildman–Crippen MR) is 93.4 cm³/mol. The zero-order valence-corrected chi connectivity index (χ0v) is 14.7. The normalized spacial score (nSPS) is 16.2. The summed E-state index contributed by atoms with van der Waals surface area (Å²) in [5.41, 5.74) is 5.31. The second-order valence-electron chi connectivity index (χ2n) is 6.44. The maximum atomic E-state index is 2.24. The van der Waals surface area contributed by atoms with E-state index < -0.39 is 0 Å². The van der Waals surface area contributed by atoms with Crippen molar-refractivity contribution < 1.29 is 9.14 Å². The highest BCUT2D eigenvalue weighted by Gasteiger charge is 2.29. The molecule has 0 spiro atoms. The first-order valence-corrected chi connectivity index (χ1v) is 7.69. The van der Waals surface area contributed by atoms with Crippen LogP contribution in [0.4, 0.5) is 5.69 Å². The minimum absolute atomic E-state index is 1.09. The molecule has 118 valence electrons. The van der Waals surface area contributed by atoms with Crippen LogP contribution in [0.5, 0.6) is 0 Å². The topological polar surface area (TPSA) is 13.4 Å². The van der Waals surface area contributed by atoms with Crippen molar-refractivity contribution in [2.45, 2.75) is 12.8 Å². The van der Waals surface area contributed by atoms with Gasteiger partial charge in [0.2, 0.25) is 5.70 Å². The molecule has 0 atom stereocenters. The molecule has 0 N–H and O–H groups in total. The van der Waals surface area contributed by atoms with Crippen LogP contribution in [0.2, 0.25) is 0 Å². The van der Waals surface area contributed by atoms with Gasteiger partial charge in [-0.3, -0.25) is 0 Å². The van der Waals surface area contributed by atoms with Gasteiger partial charge in [-0.15, -0.1) is 0 Å². The van der Waals surface area contributed by atoms with E-state index >= 15 is 0 Å². The maximum Gasteiger partial charge on any atom is 0.224 e. The molecule has 4 heteroatoms. The van der Waals surface area contributed by atoms with Gasteiger partial charge in [0.15, 0.2) is 18.6 Å². The number of hydrogen-bond donors (Lipinski definition) is 0. The lowest BCUT2D eigenvalue weighted by atomic mass is 10.2. The van der Waals surface area contributed by atoms with E-state index in [4.69, 9.17) is 0 Å². The Morgan fingerprint density at radius 2 is 1.68 bits per heavy atom. The number of nitrogens with zero attached hydrogens (tertiary/aromatic N) is 4. The fourth-order valence-corrected chi connectivity index (χ4v) is 2.78. The van der Waals surface area contributed by atoms with Crippen LogP contribution in [0.1, 0.15) is 12.8 Å². The van der Waals surface area contributed by atoms with Gasteiger partial charge in [0.25, 0.3) is 0 Å². The Bertz CT molecular complexity index is 615.